The Balaban J connectivity index is 1.61. The van der Waals surface area contributed by atoms with Gasteiger partial charge in [0.05, 0.1) is 29.8 Å². The summed E-state index contributed by atoms with van der Waals surface area (Å²) in [5.74, 6) is 1.70. The number of carbonyl (C=O) groups is 1. The fourth-order valence-corrected chi connectivity index (χ4v) is 3.99. The molecule has 5 heterocycles. The number of hydrogen-bond acceptors (Lipinski definition) is 6. The summed E-state index contributed by atoms with van der Waals surface area (Å²) < 4.78 is 5.26. The molecule has 3 saturated heterocycles. The predicted molar refractivity (Wildman–Crippen MR) is 94.2 cm³/mol. The van der Waals surface area contributed by atoms with Gasteiger partial charge < -0.3 is 14.3 Å². The van der Waals surface area contributed by atoms with Crippen LogP contribution in [0.2, 0.25) is 0 Å². The molecular formula is C19H21N5O2. The fraction of sp³-hybridized carbons (Fsp3) is 0.474. The van der Waals surface area contributed by atoms with Crippen molar-refractivity contribution in [3.05, 3.63) is 40.9 Å². The Morgan fingerprint density at radius 1 is 1.35 bits per heavy atom. The zero-order valence-electron chi connectivity index (χ0n) is 15.0. The zero-order chi connectivity index (χ0) is 18.3. The van der Waals surface area contributed by atoms with Crippen molar-refractivity contribution in [1.29, 1.82) is 5.26 Å². The lowest BCUT2D eigenvalue weighted by Gasteiger charge is -2.35. The minimum Gasteiger partial charge on any atom is -0.361 e. The standard InChI is InChI=1S/C19H21N5O2/c1-12-17(13(2)26-22-12)11-24-16-4-3-15(19(24)25)9-23(10-16)18-7-14(8-20)5-6-21-18/h5-7,15-16H,3-4,9-11H2,1-2H3/t15-,16+/m1/s1. The molecule has 3 fully saturated rings. The minimum absolute atomic E-state index is 0.0400. The van der Waals surface area contributed by atoms with Crippen LogP contribution in [0.1, 0.15) is 35.4 Å². The van der Waals surface area contributed by atoms with Crippen LogP contribution in [0.15, 0.2) is 22.9 Å². The molecule has 7 heteroatoms. The number of aryl methyl sites for hydroxylation is 2. The van der Waals surface area contributed by atoms with Gasteiger partial charge in [-0.05, 0) is 38.8 Å². The lowest BCUT2D eigenvalue weighted by atomic mass is 9.93. The average molecular weight is 351 g/mol. The second-order valence-corrected chi connectivity index (χ2v) is 7.12. The number of anilines is 1. The van der Waals surface area contributed by atoms with Gasteiger partial charge in [-0.1, -0.05) is 5.16 Å². The largest absolute Gasteiger partial charge is 0.361 e. The van der Waals surface area contributed by atoms with E-state index in [2.05, 4.69) is 21.1 Å². The van der Waals surface area contributed by atoms with Crippen LogP contribution < -0.4 is 4.90 Å². The van der Waals surface area contributed by atoms with Crippen molar-refractivity contribution < 1.29 is 9.32 Å². The summed E-state index contributed by atoms with van der Waals surface area (Å²) in [5, 5.41) is 13.1. The van der Waals surface area contributed by atoms with E-state index in [0.29, 0.717) is 18.7 Å². The van der Waals surface area contributed by atoms with E-state index in [1.165, 1.54) is 0 Å². The first-order valence-corrected chi connectivity index (χ1v) is 8.90. The summed E-state index contributed by atoms with van der Waals surface area (Å²) in [7, 11) is 0. The third-order valence-corrected chi connectivity index (χ3v) is 5.50. The van der Waals surface area contributed by atoms with Gasteiger partial charge in [0.25, 0.3) is 0 Å². The Kier molecular flexibility index (Phi) is 4.11. The van der Waals surface area contributed by atoms with Crippen LogP contribution in [0.3, 0.4) is 0 Å². The van der Waals surface area contributed by atoms with Crippen LogP contribution in [0, 0.1) is 31.1 Å². The van der Waals surface area contributed by atoms with Crippen LogP contribution in [-0.2, 0) is 11.3 Å². The molecule has 2 aromatic rings. The number of nitriles is 1. The molecule has 2 atom stereocenters. The number of piperidine rings is 1. The molecule has 3 aliphatic heterocycles. The van der Waals surface area contributed by atoms with Crippen LogP contribution in [0.25, 0.3) is 0 Å². The molecule has 26 heavy (non-hydrogen) atoms. The van der Waals surface area contributed by atoms with Crippen LogP contribution in [0.5, 0.6) is 0 Å². The monoisotopic (exact) mass is 351 g/mol. The number of carbonyl (C=O) groups excluding carboxylic acids is 1. The van der Waals surface area contributed by atoms with Gasteiger partial charge in [-0.25, -0.2) is 4.98 Å². The van der Waals surface area contributed by atoms with Crippen molar-refractivity contribution in [2.24, 2.45) is 5.92 Å². The summed E-state index contributed by atoms with van der Waals surface area (Å²) in [4.78, 5) is 21.6. The summed E-state index contributed by atoms with van der Waals surface area (Å²) in [6.07, 6.45) is 3.54. The van der Waals surface area contributed by atoms with E-state index in [-0.39, 0.29) is 17.9 Å². The number of pyridine rings is 1. The Morgan fingerprint density at radius 2 is 2.19 bits per heavy atom. The molecular weight excluding hydrogens is 330 g/mol. The van der Waals surface area contributed by atoms with Gasteiger partial charge in [-0.15, -0.1) is 0 Å². The summed E-state index contributed by atoms with van der Waals surface area (Å²) in [6, 6.07) is 5.78. The molecule has 0 radical (unpaired) electrons. The van der Waals surface area contributed by atoms with Crippen LogP contribution in [0.4, 0.5) is 5.82 Å². The van der Waals surface area contributed by atoms with Crippen molar-refractivity contribution in [1.82, 2.24) is 15.0 Å². The topological polar surface area (TPSA) is 86.3 Å². The number of rotatable bonds is 3. The second kappa shape index (κ2) is 6.45. The van der Waals surface area contributed by atoms with E-state index in [1.54, 1.807) is 18.3 Å². The van der Waals surface area contributed by atoms with Crippen molar-refractivity contribution in [2.75, 3.05) is 18.0 Å². The van der Waals surface area contributed by atoms with Gasteiger partial charge in [0.2, 0.25) is 5.91 Å². The highest BCUT2D eigenvalue weighted by atomic mass is 16.5. The third-order valence-electron chi connectivity index (χ3n) is 5.50. The molecule has 134 valence electrons. The third kappa shape index (κ3) is 2.81. The molecule has 5 rings (SSSR count). The van der Waals surface area contributed by atoms with Gasteiger partial charge in [0.1, 0.15) is 11.6 Å². The minimum atomic E-state index is -0.0400. The fourth-order valence-electron chi connectivity index (χ4n) is 3.99. The number of aromatic nitrogens is 2. The molecule has 0 aliphatic carbocycles. The zero-order valence-corrected chi connectivity index (χ0v) is 15.0. The van der Waals surface area contributed by atoms with Crippen molar-refractivity contribution in [3.63, 3.8) is 0 Å². The molecule has 7 nitrogen and oxygen atoms in total. The Bertz CT molecular complexity index is 865. The molecule has 2 aromatic heterocycles. The van der Waals surface area contributed by atoms with E-state index in [9.17, 15) is 4.79 Å². The van der Waals surface area contributed by atoms with E-state index in [0.717, 1.165) is 42.2 Å². The molecule has 0 saturated carbocycles. The second-order valence-electron chi connectivity index (χ2n) is 7.12. The molecule has 0 N–H and O–H groups in total. The summed E-state index contributed by atoms with van der Waals surface area (Å²) >= 11 is 0. The van der Waals surface area contributed by atoms with Crippen molar-refractivity contribution >= 4 is 11.7 Å². The maximum atomic E-state index is 13.0. The quantitative estimate of drug-likeness (QED) is 0.842. The van der Waals surface area contributed by atoms with Crippen LogP contribution in [-0.4, -0.2) is 40.1 Å². The van der Waals surface area contributed by atoms with Crippen LogP contribution >= 0.6 is 0 Å². The normalized spacial score (nSPS) is 22.4. The van der Waals surface area contributed by atoms with E-state index < -0.39 is 0 Å². The molecule has 0 unspecified atom stereocenters. The van der Waals surface area contributed by atoms with E-state index in [1.807, 2.05) is 18.7 Å². The van der Waals surface area contributed by atoms with Gasteiger partial charge >= 0.3 is 0 Å². The first kappa shape index (κ1) is 16.6. The highest BCUT2D eigenvalue weighted by molar-refractivity contribution is 5.81. The summed E-state index contributed by atoms with van der Waals surface area (Å²) in [6.45, 7) is 5.72. The number of fused-ring (bicyclic) bond motifs is 4. The van der Waals surface area contributed by atoms with Gasteiger partial charge in [0.15, 0.2) is 0 Å². The van der Waals surface area contributed by atoms with Gasteiger partial charge in [0, 0.05) is 30.9 Å². The number of amides is 1. The average Bonchev–Trinajstić information content (AvgIpc) is 2.83. The van der Waals surface area contributed by atoms with E-state index in [4.69, 9.17) is 9.78 Å². The smallest absolute Gasteiger partial charge is 0.228 e. The number of nitrogens with zero attached hydrogens (tertiary/aromatic N) is 5. The summed E-state index contributed by atoms with van der Waals surface area (Å²) in [5.41, 5.74) is 2.43. The molecule has 0 aromatic carbocycles. The maximum absolute atomic E-state index is 13.0. The Labute approximate surface area is 152 Å². The Hall–Kier alpha value is -2.88. The first-order valence-electron chi connectivity index (χ1n) is 8.90. The molecule has 2 bridgehead atoms. The van der Waals surface area contributed by atoms with Gasteiger partial charge in [-0.3, -0.25) is 4.79 Å². The lowest BCUT2D eigenvalue weighted by molar-refractivity contribution is -0.140. The Morgan fingerprint density at radius 3 is 2.92 bits per heavy atom. The molecule has 3 aliphatic rings. The van der Waals surface area contributed by atoms with Crippen molar-refractivity contribution in [2.45, 2.75) is 39.3 Å². The van der Waals surface area contributed by atoms with E-state index >= 15 is 0 Å². The van der Waals surface area contributed by atoms with Gasteiger partial charge in [-0.2, -0.15) is 5.26 Å². The first-order chi connectivity index (χ1) is 12.6. The number of hydrogen-bond donors (Lipinski definition) is 0. The lowest BCUT2D eigenvalue weighted by Crippen LogP contribution is -2.47. The SMILES string of the molecule is Cc1noc(C)c1CN1C(=O)[C@@H]2CC[C@H]1CN(c1cc(C#N)ccn1)C2. The predicted octanol–water partition coefficient (Wildman–Crippen LogP) is 2.19. The highest BCUT2D eigenvalue weighted by Crippen LogP contribution is 2.33. The highest BCUT2D eigenvalue weighted by Gasteiger charge is 2.41. The molecule has 0 spiro atoms. The maximum Gasteiger partial charge on any atom is 0.228 e. The van der Waals surface area contributed by atoms with Crippen molar-refractivity contribution in [3.8, 4) is 6.07 Å². The molecule has 1 amide bonds.